The van der Waals surface area contributed by atoms with Gasteiger partial charge in [0, 0.05) is 26.0 Å². The minimum absolute atomic E-state index is 0.274. The molecule has 18 heavy (non-hydrogen) atoms. The van der Waals surface area contributed by atoms with Crippen molar-refractivity contribution in [2.45, 2.75) is 6.04 Å². The van der Waals surface area contributed by atoms with Crippen LogP contribution in [0.1, 0.15) is 0 Å². The van der Waals surface area contributed by atoms with Crippen LogP contribution >= 0.6 is 11.8 Å². The summed E-state index contributed by atoms with van der Waals surface area (Å²) in [6.45, 7) is 4.82. The first-order chi connectivity index (χ1) is 8.61. The molecule has 7 heteroatoms. The number of rotatable bonds is 6. The molecule has 0 spiro atoms. The van der Waals surface area contributed by atoms with Crippen LogP contribution in [0.15, 0.2) is 12.7 Å². The molecule has 0 aromatic heterocycles. The molecule has 0 saturated carbocycles. The normalized spacial score (nSPS) is 18.7. The number of hydrogen-bond donors (Lipinski definition) is 1. The van der Waals surface area contributed by atoms with E-state index in [1.165, 1.54) is 16.7 Å². The summed E-state index contributed by atoms with van der Waals surface area (Å²) in [4.78, 5) is 26.2. The molecule has 1 aliphatic rings. The fourth-order valence-corrected chi connectivity index (χ4v) is 2.78. The Balaban J connectivity index is 2.68. The maximum atomic E-state index is 12.2. The molecule has 1 N–H and O–H groups in total. The van der Waals surface area contributed by atoms with E-state index in [0.29, 0.717) is 31.3 Å². The Morgan fingerprint density at radius 1 is 1.67 bits per heavy atom. The standard InChI is InChI=1S/C11H18N2O4S/c1-3-4-12(5-6-17-2)11(16)13-8-18-7-9(13)10(14)15/h3,9H,1,4-8H2,2H3,(H,14,15). The molecule has 1 fully saturated rings. The highest BCUT2D eigenvalue weighted by atomic mass is 32.2. The number of thioether (sulfide) groups is 1. The van der Waals surface area contributed by atoms with Gasteiger partial charge in [0.25, 0.3) is 0 Å². The molecule has 1 unspecified atom stereocenters. The second kappa shape index (κ2) is 7.27. The van der Waals surface area contributed by atoms with E-state index in [1.54, 1.807) is 18.1 Å². The molecule has 102 valence electrons. The van der Waals surface area contributed by atoms with E-state index in [-0.39, 0.29) is 6.03 Å². The third-order valence-electron chi connectivity index (χ3n) is 2.60. The van der Waals surface area contributed by atoms with Gasteiger partial charge in [0.05, 0.1) is 12.5 Å². The Kier molecular flexibility index (Phi) is 6.00. The molecule has 6 nitrogen and oxygen atoms in total. The van der Waals surface area contributed by atoms with Crippen molar-refractivity contribution >= 4 is 23.8 Å². The molecule has 0 bridgehead atoms. The van der Waals surface area contributed by atoms with Gasteiger partial charge in [-0.15, -0.1) is 18.3 Å². The van der Waals surface area contributed by atoms with Crippen molar-refractivity contribution in [3.63, 3.8) is 0 Å². The minimum Gasteiger partial charge on any atom is -0.480 e. The molecule has 1 heterocycles. The average Bonchev–Trinajstić information content (AvgIpc) is 2.82. The summed E-state index contributed by atoms with van der Waals surface area (Å²) in [5, 5.41) is 9.05. The minimum atomic E-state index is -0.960. The molecule has 2 amide bonds. The smallest absolute Gasteiger partial charge is 0.327 e. The summed E-state index contributed by atoms with van der Waals surface area (Å²) in [6, 6.07) is -1.01. The van der Waals surface area contributed by atoms with Crippen LogP contribution in [0.5, 0.6) is 0 Å². The van der Waals surface area contributed by atoms with Crippen LogP contribution in [0.25, 0.3) is 0 Å². The van der Waals surface area contributed by atoms with E-state index >= 15 is 0 Å². The molecule has 0 radical (unpaired) electrons. The molecular weight excluding hydrogens is 256 g/mol. The Bertz CT molecular complexity index is 324. The van der Waals surface area contributed by atoms with Crippen LogP contribution in [0, 0.1) is 0 Å². The van der Waals surface area contributed by atoms with Crippen molar-refractivity contribution in [3.05, 3.63) is 12.7 Å². The lowest BCUT2D eigenvalue weighted by Crippen LogP contribution is -2.49. The van der Waals surface area contributed by atoms with Gasteiger partial charge in [0.15, 0.2) is 0 Å². The van der Waals surface area contributed by atoms with Gasteiger partial charge in [0.1, 0.15) is 6.04 Å². The number of methoxy groups -OCH3 is 1. The number of carbonyl (C=O) groups excluding carboxylic acids is 1. The molecule has 1 aliphatic heterocycles. The Labute approximate surface area is 111 Å². The summed E-state index contributed by atoms with van der Waals surface area (Å²) in [7, 11) is 1.56. The predicted octanol–water partition coefficient (Wildman–Crippen LogP) is 0.700. The topological polar surface area (TPSA) is 70.1 Å². The predicted molar refractivity (Wildman–Crippen MR) is 69.6 cm³/mol. The van der Waals surface area contributed by atoms with E-state index in [0.717, 1.165) is 0 Å². The van der Waals surface area contributed by atoms with Gasteiger partial charge in [-0.3, -0.25) is 0 Å². The number of carbonyl (C=O) groups is 2. The maximum absolute atomic E-state index is 12.2. The van der Waals surface area contributed by atoms with Crippen molar-refractivity contribution in [3.8, 4) is 0 Å². The van der Waals surface area contributed by atoms with Crippen LogP contribution < -0.4 is 0 Å². The van der Waals surface area contributed by atoms with Crippen molar-refractivity contribution in [1.82, 2.24) is 9.80 Å². The molecule has 0 aromatic carbocycles. The molecule has 0 aromatic rings. The highest BCUT2D eigenvalue weighted by molar-refractivity contribution is 7.99. The fraction of sp³-hybridized carbons (Fsp3) is 0.636. The summed E-state index contributed by atoms with van der Waals surface area (Å²) in [5.41, 5.74) is 0. The number of ether oxygens (including phenoxy) is 1. The van der Waals surface area contributed by atoms with E-state index in [1.807, 2.05) is 0 Å². The number of carboxylic acids is 1. The third kappa shape index (κ3) is 3.64. The van der Waals surface area contributed by atoms with Crippen LogP contribution in [0.3, 0.4) is 0 Å². The molecule has 1 rings (SSSR count). The number of nitrogens with zero attached hydrogens (tertiary/aromatic N) is 2. The van der Waals surface area contributed by atoms with Gasteiger partial charge in [-0.05, 0) is 0 Å². The summed E-state index contributed by atoms with van der Waals surface area (Å²) >= 11 is 1.45. The zero-order chi connectivity index (χ0) is 13.5. The van der Waals surface area contributed by atoms with Crippen LogP contribution in [-0.4, -0.2) is 71.4 Å². The highest BCUT2D eigenvalue weighted by Crippen LogP contribution is 2.22. The van der Waals surface area contributed by atoms with Crippen molar-refractivity contribution in [1.29, 1.82) is 0 Å². The number of amides is 2. The monoisotopic (exact) mass is 274 g/mol. The lowest BCUT2D eigenvalue weighted by Gasteiger charge is -2.28. The first-order valence-electron chi connectivity index (χ1n) is 5.57. The maximum Gasteiger partial charge on any atom is 0.327 e. The lowest BCUT2D eigenvalue weighted by molar-refractivity contribution is -0.140. The zero-order valence-corrected chi connectivity index (χ0v) is 11.2. The summed E-state index contributed by atoms with van der Waals surface area (Å²) in [6.07, 6.45) is 1.62. The number of carboxylic acid groups (broad SMARTS) is 1. The van der Waals surface area contributed by atoms with Gasteiger partial charge in [0.2, 0.25) is 0 Å². The second-order valence-electron chi connectivity index (χ2n) is 3.83. The van der Waals surface area contributed by atoms with Crippen molar-refractivity contribution in [2.24, 2.45) is 0 Å². The fourth-order valence-electron chi connectivity index (χ4n) is 1.64. The van der Waals surface area contributed by atoms with Gasteiger partial charge in [-0.2, -0.15) is 0 Å². The lowest BCUT2D eigenvalue weighted by atomic mass is 10.3. The zero-order valence-electron chi connectivity index (χ0n) is 10.4. The SMILES string of the molecule is C=CCN(CCOC)C(=O)N1CSCC1C(=O)O. The number of urea groups is 1. The largest absolute Gasteiger partial charge is 0.480 e. The first-order valence-corrected chi connectivity index (χ1v) is 6.73. The van der Waals surface area contributed by atoms with Gasteiger partial charge in [-0.1, -0.05) is 6.08 Å². The van der Waals surface area contributed by atoms with E-state index in [9.17, 15) is 9.59 Å². The summed E-state index contributed by atoms with van der Waals surface area (Å²) < 4.78 is 4.94. The van der Waals surface area contributed by atoms with E-state index in [4.69, 9.17) is 9.84 Å². The Morgan fingerprint density at radius 3 is 2.94 bits per heavy atom. The summed E-state index contributed by atoms with van der Waals surface area (Å²) in [5.74, 6) is -0.109. The highest BCUT2D eigenvalue weighted by Gasteiger charge is 2.36. The molecular formula is C11H18N2O4S. The van der Waals surface area contributed by atoms with Gasteiger partial charge < -0.3 is 19.6 Å². The van der Waals surface area contributed by atoms with E-state index < -0.39 is 12.0 Å². The van der Waals surface area contributed by atoms with Gasteiger partial charge >= 0.3 is 12.0 Å². The first kappa shape index (κ1) is 14.8. The van der Waals surface area contributed by atoms with Crippen molar-refractivity contribution in [2.75, 3.05) is 38.4 Å². The number of aliphatic carboxylic acids is 1. The van der Waals surface area contributed by atoms with Crippen LogP contribution in [0.4, 0.5) is 4.79 Å². The second-order valence-corrected chi connectivity index (χ2v) is 4.83. The van der Waals surface area contributed by atoms with Gasteiger partial charge in [-0.25, -0.2) is 9.59 Å². The number of hydrogen-bond acceptors (Lipinski definition) is 4. The average molecular weight is 274 g/mol. The van der Waals surface area contributed by atoms with Crippen LogP contribution in [-0.2, 0) is 9.53 Å². The van der Waals surface area contributed by atoms with Crippen LogP contribution in [0.2, 0.25) is 0 Å². The Morgan fingerprint density at radius 2 is 2.39 bits per heavy atom. The van der Waals surface area contributed by atoms with E-state index in [2.05, 4.69) is 6.58 Å². The third-order valence-corrected chi connectivity index (χ3v) is 3.61. The van der Waals surface area contributed by atoms with Crippen molar-refractivity contribution < 1.29 is 19.4 Å². The molecule has 0 aliphatic carbocycles. The molecule has 1 atom stereocenters. The quantitative estimate of drug-likeness (QED) is 0.722. The molecule has 1 saturated heterocycles. The Hall–Kier alpha value is -1.21.